The topological polar surface area (TPSA) is 46.2 Å². The Kier molecular flexibility index (Phi) is 2.22. The van der Waals surface area contributed by atoms with Crippen LogP contribution in [-0.4, -0.2) is 23.8 Å². The summed E-state index contributed by atoms with van der Waals surface area (Å²) < 4.78 is 0. The van der Waals surface area contributed by atoms with E-state index in [0.717, 1.165) is 0 Å². The Morgan fingerprint density at radius 1 is 1.80 bits per heavy atom. The Morgan fingerprint density at radius 3 is 2.90 bits per heavy atom. The van der Waals surface area contributed by atoms with Crippen molar-refractivity contribution >= 4 is 22.8 Å². The first-order valence-electron chi connectivity index (χ1n) is 2.92. The highest BCUT2D eigenvalue weighted by Crippen LogP contribution is 2.12. The largest absolute Gasteiger partial charge is 0.302 e. The van der Waals surface area contributed by atoms with Crippen LogP contribution in [0.5, 0.6) is 0 Å². The summed E-state index contributed by atoms with van der Waals surface area (Å²) in [4.78, 5) is 20.6. The van der Waals surface area contributed by atoms with E-state index in [4.69, 9.17) is 11.6 Å². The summed E-state index contributed by atoms with van der Waals surface area (Å²) >= 11 is 5.16. The molecule has 10 heavy (non-hydrogen) atoms. The summed E-state index contributed by atoms with van der Waals surface area (Å²) in [5.41, 5.74) is 0.431. The van der Waals surface area contributed by atoms with Crippen molar-refractivity contribution in [1.29, 1.82) is 0 Å². The fraction of sp³-hybridized carbons (Fsp3) is 0.500. The molecular formula is C6H6ClNO2. The van der Waals surface area contributed by atoms with Crippen molar-refractivity contribution in [2.75, 3.05) is 6.54 Å². The molecule has 1 aliphatic rings. The molecule has 0 bridgehead atoms. The molecule has 3 nitrogen and oxygen atoms in total. The molecule has 0 amide bonds. The van der Waals surface area contributed by atoms with E-state index < -0.39 is 11.3 Å². The summed E-state index contributed by atoms with van der Waals surface area (Å²) in [5, 5.41) is 2.24. The van der Waals surface area contributed by atoms with E-state index >= 15 is 0 Å². The quantitative estimate of drug-likeness (QED) is 0.428. The molecule has 1 fully saturated rings. The van der Waals surface area contributed by atoms with Crippen LogP contribution in [0.2, 0.25) is 0 Å². The second-order valence-corrected chi connectivity index (χ2v) is 2.44. The minimum Gasteiger partial charge on any atom is -0.302 e. The molecule has 0 aromatic heterocycles. The van der Waals surface area contributed by atoms with E-state index in [-0.39, 0.29) is 0 Å². The lowest BCUT2D eigenvalue weighted by Crippen LogP contribution is -2.28. The Morgan fingerprint density at radius 2 is 2.50 bits per heavy atom. The van der Waals surface area contributed by atoms with E-state index in [9.17, 15) is 9.59 Å². The van der Waals surface area contributed by atoms with Crippen LogP contribution in [0.15, 0.2) is 5.57 Å². The van der Waals surface area contributed by atoms with E-state index in [2.05, 4.69) is 5.32 Å². The van der Waals surface area contributed by atoms with Crippen molar-refractivity contribution < 1.29 is 9.59 Å². The Bertz CT molecular complexity index is 208. The third kappa shape index (κ3) is 1.27. The third-order valence-electron chi connectivity index (χ3n) is 1.45. The van der Waals surface area contributed by atoms with E-state index in [1.165, 1.54) is 0 Å². The molecule has 0 unspecified atom stereocenters. The molecular weight excluding hydrogens is 154 g/mol. The molecule has 0 saturated carbocycles. The number of hydrogen-bond donors (Lipinski definition) is 1. The van der Waals surface area contributed by atoms with Gasteiger partial charge in [0, 0.05) is 12.1 Å². The molecule has 4 heteroatoms. The van der Waals surface area contributed by atoms with Crippen LogP contribution in [0.1, 0.15) is 6.42 Å². The van der Waals surface area contributed by atoms with Crippen LogP contribution < -0.4 is 5.32 Å². The first-order valence-corrected chi connectivity index (χ1v) is 3.30. The molecule has 0 spiro atoms. The number of carbonyl (C=O) groups excluding carboxylic acids is 2. The van der Waals surface area contributed by atoms with Gasteiger partial charge < -0.3 is 5.32 Å². The molecule has 1 saturated heterocycles. The SMILES string of the molecule is O=C=C1CCN[C@H]1C(=O)Cl. The van der Waals surface area contributed by atoms with Crippen molar-refractivity contribution in [1.82, 2.24) is 5.32 Å². The molecule has 0 radical (unpaired) electrons. The molecule has 1 rings (SSSR count). The van der Waals surface area contributed by atoms with Gasteiger partial charge in [0.2, 0.25) is 5.24 Å². The van der Waals surface area contributed by atoms with Gasteiger partial charge in [-0.2, -0.15) is 0 Å². The summed E-state index contributed by atoms with van der Waals surface area (Å²) in [6, 6.07) is -0.584. The van der Waals surface area contributed by atoms with Crippen LogP contribution in [0, 0.1) is 0 Å². The van der Waals surface area contributed by atoms with Crippen molar-refractivity contribution in [2.24, 2.45) is 0 Å². The Balaban J connectivity index is 2.78. The molecule has 0 aromatic carbocycles. The second kappa shape index (κ2) is 2.97. The van der Waals surface area contributed by atoms with Crippen LogP contribution in [0.25, 0.3) is 0 Å². The van der Waals surface area contributed by atoms with Crippen molar-refractivity contribution in [2.45, 2.75) is 12.5 Å². The molecule has 1 atom stereocenters. The lowest BCUT2D eigenvalue weighted by molar-refractivity contribution is -0.112. The lowest BCUT2D eigenvalue weighted by atomic mass is 10.1. The molecule has 1 heterocycles. The van der Waals surface area contributed by atoms with E-state index in [1.54, 1.807) is 5.94 Å². The van der Waals surface area contributed by atoms with Crippen LogP contribution in [0.3, 0.4) is 0 Å². The van der Waals surface area contributed by atoms with Gasteiger partial charge in [-0.15, -0.1) is 0 Å². The van der Waals surface area contributed by atoms with Crippen molar-refractivity contribution in [3.05, 3.63) is 5.57 Å². The molecule has 1 N–H and O–H groups in total. The minimum atomic E-state index is -0.584. The minimum absolute atomic E-state index is 0.431. The van der Waals surface area contributed by atoms with Crippen molar-refractivity contribution in [3.63, 3.8) is 0 Å². The highest BCUT2D eigenvalue weighted by molar-refractivity contribution is 6.65. The van der Waals surface area contributed by atoms with Gasteiger partial charge >= 0.3 is 0 Å². The first-order chi connectivity index (χ1) is 4.75. The summed E-state index contributed by atoms with van der Waals surface area (Å²) in [6.07, 6.45) is 0.576. The average molecular weight is 160 g/mol. The van der Waals surface area contributed by atoms with Gasteiger partial charge in [-0.3, -0.25) is 4.79 Å². The summed E-state index contributed by atoms with van der Waals surface area (Å²) in [6.45, 7) is 0.633. The smallest absolute Gasteiger partial charge is 0.243 e. The summed E-state index contributed by atoms with van der Waals surface area (Å²) in [7, 11) is 0. The van der Waals surface area contributed by atoms with Gasteiger partial charge in [0.25, 0.3) is 0 Å². The highest BCUT2D eigenvalue weighted by Gasteiger charge is 2.26. The number of hydrogen-bond acceptors (Lipinski definition) is 3. The van der Waals surface area contributed by atoms with Crippen LogP contribution in [0.4, 0.5) is 0 Å². The summed E-state index contributed by atoms with van der Waals surface area (Å²) in [5.74, 6) is 1.69. The normalized spacial score (nSPS) is 24.5. The van der Waals surface area contributed by atoms with Gasteiger partial charge in [0.1, 0.15) is 12.0 Å². The molecule has 54 valence electrons. The first kappa shape index (κ1) is 7.48. The van der Waals surface area contributed by atoms with E-state index in [1.807, 2.05) is 0 Å². The predicted octanol–water partition coefficient (Wildman–Crippen LogP) is -0.128. The second-order valence-electron chi connectivity index (χ2n) is 2.07. The maximum absolute atomic E-state index is 10.5. The Labute approximate surface area is 63.0 Å². The number of nitrogens with one attached hydrogen (secondary N) is 1. The van der Waals surface area contributed by atoms with Gasteiger partial charge in [-0.05, 0) is 18.0 Å². The van der Waals surface area contributed by atoms with Crippen LogP contribution >= 0.6 is 11.6 Å². The molecule has 0 aliphatic carbocycles. The zero-order valence-electron chi connectivity index (χ0n) is 5.19. The van der Waals surface area contributed by atoms with Gasteiger partial charge in [0.05, 0.1) is 0 Å². The van der Waals surface area contributed by atoms with Gasteiger partial charge in [-0.1, -0.05) is 0 Å². The third-order valence-corrected chi connectivity index (χ3v) is 1.67. The fourth-order valence-corrected chi connectivity index (χ4v) is 1.15. The lowest BCUT2D eigenvalue weighted by Gasteiger charge is -2.00. The van der Waals surface area contributed by atoms with Gasteiger partial charge in [0.15, 0.2) is 0 Å². The van der Waals surface area contributed by atoms with Crippen LogP contribution in [-0.2, 0) is 9.59 Å². The molecule has 0 aromatic rings. The predicted molar refractivity (Wildman–Crippen MR) is 36.5 cm³/mol. The number of carbonyl (C=O) groups is 1. The molecule has 1 aliphatic heterocycles. The maximum atomic E-state index is 10.5. The maximum Gasteiger partial charge on any atom is 0.243 e. The van der Waals surface area contributed by atoms with Gasteiger partial charge in [-0.25, -0.2) is 4.79 Å². The zero-order chi connectivity index (χ0) is 7.56. The number of halogens is 1. The van der Waals surface area contributed by atoms with Crippen molar-refractivity contribution in [3.8, 4) is 0 Å². The number of rotatable bonds is 1. The van der Waals surface area contributed by atoms with E-state index in [0.29, 0.717) is 18.5 Å². The average Bonchev–Trinajstić information content (AvgIpc) is 2.33. The Hall–Kier alpha value is -0.630. The zero-order valence-corrected chi connectivity index (χ0v) is 5.94. The monoisotopic (exact) mass is 159 g/mol. The fourth-order valence-electron chi connectivity index (χ4n) is 0.946. The highest BCUT2D eigenvalue weighted by atomic mass is 35.5. The standard InChI is InChI=1S/C6H6ClNO2/c7-6(10)5-4(3-9)1-2-8-5/h5,8H,1-2H2/t5-/m1/s1.